The van der Waals surface area contributed by atoms with Crippen molar-refractivity contribution in [1.29, 1.82) is 0 Å². The number of hydrogen-bond acceptors (Lipinski definition) is 9. The van der Waals surface area contributed by atoms with E-state index in [0.717, 1.165) is 0 Å². The van der Waals surface area contributed by atoms with Crippen LogP contribution in [-0.4, -0.2) is 120 Å². The van der Waals surface area contributed by atoms with Crippen molar-refractivity contribution < 1.29 is 43.6 Å². The van der Waals surface area contributed by atoms with E-state index in [0.29, 0.717) is 19.3 Å². The molecule has 0 radical (unpaired) electrons. The van der Waals surface area contributed by atoms with Crippen LogP contribution >= 0.6 is 0 Å². The Balaban J connectivity index is 3.07. The normalized spacial score (nSPS) is 18.9. The number of amides is 4. The van der Waals surface area contributed by atoms with Crippen LogP contribution in [0.5, 0.6) is 0 Å². The summed E-state index contributed by atoms with van der Waals surface area (Å²) in [5.74, 6) is -3.34. The van der Waals surface area contributed by atoms with Gasteiger partial charge in [0.05, 0.1) is 25.2 Å². The first-order valence-electron chi connectivity index (χ1n) is 14.9. The summed E-state index contributed by atoms with van der Waals surface area (Å²) in [5.41, 5.74) is 0. The summed E-state index contributed by atoms with van der Waals surface area (Å²) in [6, 6.07) is -3.20. The van der Waals surface area contributed by atoms with Gasteiger partial charge in [0.1, 0.15) is 0 Å². The molecule has 0 spiro atoms. The number of rotatable bonds is 17. The SMILES string of the molecule is CC[C@H](C)[C@H](NC(=O)[C@@H]1CCCN1C(=O)[C@@H](CC(O)CO)OC(=O)CCNC(=O)[C@H](C)NC)C(=O)N(C)[C@H](C#[O+])C(C)C. The summed E-state index contributed by atoms with van der Waals surface area (Å²) in [7, 11) is 3.10. The Morgan fingerprint density at radius 2 is 1.81 bits per heavy atom. The second-order valence-corrected chi connectivity index (χ2v) is 11.4. The van der Waals surface area contributed by atoms with Crippen molar-refractivity contribution in [3.05, 3.63) is 0 Å². The van der Waals surface area contributed by atoms with Crippen LogP contribution in [0.2, 0.25) is 0 Å². The summed E-state index contributed by atoms with van der Waals surface area (Å²) in [6.07, 6.45) is -0.275. The number of aliphatic hydroxyl groups is 2. The van der Waals surface area contributed by atoms with E-state index in [2.05, 4.69) is 16.0 Å². The molecule has 0 aliphatic carbocycles. The summed E-state index contributed by atoms with van der Waals surface area (Å²) in [4.78, 5) is 67.4. The molecule has 1 saturated heterocycles. The average Bonchev–Trinajstić information content (AvgIpc) is 3.48. The molecule has 0 aromatic carbocycles. The number of likely N-dealkylation sites (tertiary alicyclic amines) is 1. The zero-order chi connectivity index (χ0) is 32.9. The summed E-state index contributed by atoms with van der Waals surface area (Å²) in [5, 5.41) is 27.5. The number of carbonyl (C=O) groups excluding carboxylic acids is 5. The van der Waals surface area contributed by atoms with Crippen LogP contribution < -0.4 is 16.0 Å². The molecule has 5 N–H and O–H groups in total. The quantitative estimate of drug-likeness (QED) is 0.103. The molecule has 1 rings (SSSR count). The third-order valence-corrected chi connectivity index (χ3v) is 7.83. The molecular weight excluding hydrogens is 562 g/mol. The molecule has 7 atom stereocenters. The number of nitrogens with zero attached hydrogens (tertiary/aromatic N) is 2. The van der Waals surface area contributed by atoms with Gasteiger partial charge in [-0.1, -0.05) is 0 Å². The van der Waals surface area contributed by atoms with Gasteiger partial charge in [-0.3, -0.25) is 9.59 Å². The van der Waals surface area contributed by atoms with Crippen molar-refractivity contribution in [3.8, 4) is 6.15 Å². The number of aliphatic hydroxyl groups excluding tert-OH is 2. The second kappa shape index (κ2) is 18.6. The van der Waals surface area contributed by atoms with Crippen molar-refractivity contribution in [2.75, 3.05) is 33.8 Å². The first kappa shape index (κ1) is 38.0. The molecule has 0 aromatic heterocycles. The van der Waals surface area contributed by atoms with Crippen molar-refractivity contribution in [2.45, 2.75) is 103 Å². The maximum atomic E-state index is 13.6. The molecule has 244 valence electrons. The predicted octanol–water partition coefficient (Wildman–Crippen LogP) is -0.850. The number of nitrogens with one attached hydrogen (secondary N) is 3. The Morgan fingerprint density at radius 3 is 2.35 bits per heavy atom. The molecule has 14 heteroatoms. The zero-order valence-corrected chi connectivity index (χ0v) is 26.4. The standard InChI is InChI=1S/C29H49N5O9/c1-8-18(4)25(29(42)33(7)22(16-36)17(2)3)32-27(40)21-10-9-13-34(21)28(41)23(14-20(37)15-35)43-24(38)11-12-31-26(39)19(5)30-6/h17-23,25,30,35,37H,8-15H2,1-7H3,(H-,31,32,39,40)/p+1/t18-,19-,20?,21-,22+,23+,25-/m0/s1. The molecule has 1 aliphatic heterocycles. The summed E-state index contributed by atoms with van der Waals surface area (Å²) < 4.78 is 16.9. The van der Waals surface area contributed by atoms with Crippen LogP contribution in [0.25, 0.3) is 0 Å². The van der Waals surface area contributed by atoms with Crippen molar-refractivity contribution >= 4 is 29.6 Å². The van der Waals surface area contributed by atoms with Crippen LogP contribution in [0, 0.1) is 18.0 Å². The summed E-state index contributed by atoms with van der Waals surface area (Å²) in [6.45, 7) is 8.35. The second-order valence-electron chi connectivity index (χ2n) is 11.4. The van der Waals surface area contributed by atoms with Gasteiger partial charge in [0.15, 0.2) is 0 Å². The van der Waals surface area contributed by atoms with E-state index in [1.54, 1.807) is 34.7 Å². The van der Waals surface area contributed by atoms with E-state index in [9.17, 15) is 38.8 Å². The van der Waals surface area contributed by atoms with Gasteiger partial charge in [-0.15, -0.1) is 0 Å². The van der Waals surface area contributed by atoms with E-state index in [1.807, 2.05) is 13.1 Å². The fourth-order valence-corrected chi connectivity index (χ4v) is 4.75. The Kier molecular flexibility index (Phi) is 16.4. The molecule has 14 nitrogen and oxygen atoms in total. The van der Waals surface area contributed by atoms with E-state index in [1.165, 1.54) is 16.8 Å². The molecular formula is C29H50N5O9+. The Labute approximate surface area is 254 Å². The van der Waals surface area contributed by atoms with Gasteiger partial charge in [0.25, 0.3) is 0 Å². The van der Waals surface area contributed by atoms with Crippen LogP contribution in [0.3, 0.4) is 0 Å². The minimum absolute atomic E-state index is 0.0408. The average molecular weight is 613 g/mol. The molecule has 1 heterocycles. The van der Waals surface area contributed by atoms with E-state index >= 15 is 0 Å². The topological polar surface area (TPSA) is 198 Å². The molecule has 0 bridgehead atoms. The number of ether oxygens (including phenoxy) is 1. The van der Waals surface area contributed by atoms with Crippen molar-refractivity contribution in [3.63, 3.8) is 0 Å². The zero-order valence-electron chi connectivity index (χ0n) is 26.4. The van der Waals surface area contributed by atoms with Gasteiger partial charge < -0.3 is 20.8 Å². The Morgan fingerprint density at radius 1 is 1.16 bits per heavy atom. The molecule has 1 fully saturated rings. The molecule has 43 heavy (non-hydrogen) atoms. The van der Waals surface area contributed by atoms with Gasteiger partial charge in [-0.2, -0.15) is 0 Å². The molecule has 4 amide bonds. The van der Waals surface area contributed by atoms with Crippen molar-refractivity contribution in [2.24, 2.45) is 11.8 Å². The van der Waals surface area contributed by atoms with Crippen LogP contribution in [0.1, 0.15) is 66.7 Å². The minimum atomic E-state index is -1.48. The van der Waals surface area contributed by atoms with Crippen LogP contribution in [-0.2, 0) is 33.4 Å². The predicted molar refractivity (Wildman–Crippen MR) is 156 cm³/mol. The Hall–Kier alpha value is -3.03. The first-order valence-corrected chi connectivity index (χ1v) is 14.9. The first-order chi connectivity index (χ1) is 20.2. The van der Waals surface area contributed by atoms with Gasteiger partial charge >= 0.3 is 172 Å². The third kappa shape index (κ3) is 11.2. The fourth-order valence-electron chi connectivity index (χ4n) is 4.75. The number of esters is 1. The van der Waals surface area contributed by atoms with Crippen LogP contribution in [0.15, 0.2) is 0 Å². The Bertz CT molecular complexity index is 1000. The molecule has 1 unspecified atom stereocenters. The van der Waals surface area contributed by atoms with Gasteiger partial charge in [0, 0.05) is 6.54 Å². The number of carbonyl (C=O) groups is 5. The molecule has 1 aliphatic rings. The monoisotopic (exact) mass is 612 g/mol. The fraction of sp³-hybridized carbons (Fsp3) is 0.793. The summed E-state index contributed by atoms with van der Waals surface area (Å²) >= 11 is 0. The van der Waals surface area contributed by atoms with Gasteiger partial charge in [-0.05, 0) is 14.0 Å². The van der Waals surface area contributed by atoms with Gasteiger partial charge in [0.2, 0.25) is 5.91 Å². The van der Waals surface area contributed by atoms with Crippen LogP contribution in [0.4, 0.5) is 0 Å². The van der Waals surface area contributed by atoms with E-state index in [-0.39, 0.29) is 37.3 Å². The number of likely N-dealkylation sites (N-methyl/N-ethyl adjacent to an activating group) is 2. The molecule has 0 saturated carbocycles. The van der Waals surface area contributed by atoms with E-state index < -0.39 is 73.1 Å². The van der Waals surface area contributed by atoms with Crippen molar-refractivity contribution in [1.82, 2.24) is 25.8 Å². The maximum absolute atomic E-state index is 13.6. The van der Waals surface area contributed by atoms with E-state index in [4.69, 9.17) is 4.74 Å². The molecule has 0 aromatic rings. The third-order valence-electron chi connectivity index (χ3n) is 7.83. The van der Waals surface area contributed by atoms with Gasteiger partial charge in [-0.25, -0.2) is 0 Å². The number of hydrogen-bond donors (Lipinski definition) is 5.